The number of hydrogen-bond acceptors (Lipinski definition) is 2. The van der Waals surface area contributed by atoms with Gasteiger partial charge in [-0.1, -0.05) is 29.8 Å². The number of aliphatic hydroxyl groups excluding tert-OH is 1. The average molecular weight is 228 g/mol. The molecule has 15 heavy (non-hydrogen) atoms. The zero-order valence-corrected chi connectivity index (χ0v) is 9.96. The van der Waals surface area contributed by atoms with Gasteiger partial charge < -0.3 is 10.4 Å². The van der Waals surface area contributed by atoms with Crippen LogP contribution >= 0.6 is 11.6 Å². The van der Waals surface area contributed by atoms with Gasteiger partial charge in [0.1, 0.15) is 0 Å². The van der Waals surface area contributed by atoms with Crippen LogP contribution in [0.15, 0.2) is 24.3 Å². The molecule has 0 saturated heterocycles. The molecular formula is C12H18ClNO. The van der Waals surface area contributed by atoms with Crippen LogP contribution < -0.4 is 5.32 Å². The highest BCUT2D eigenvalue weighted by atomic mass is 35.5. The van der Waals surface area contributed by atoms with Gasteiger partial charge in [-0.05, 0) is 38.4 Å². The zero-order chi connectivity index (χ0) is 11.3. The van der Waals surface area contributed by atoms with Crippen molar-refractivity contribution in [1.82, 2.24) is 5.32 Å². The van der Waals surface area contributed by atoms with E-state index in [0.717, 1.165) is 23.6 Å². The number of nitrogens with one attached hydrogen (secondary N) is 1. The van der Waals surface area contributed by atoms with Gasteiger partial charge in [-0.25, -0.2) is 0 Å². The molecule has 0 bridgehead atoms. The molecule has 0 aromatic heterocycles. The molecule has 0 saturated carbocycles. The summed E-state index contributed by atoms with van der Waals surface area (Å²) in [6.07, 6.45) is 0.505. The van der Waals surface area contributed by atoms with Crippen LogP contribution in [-0.4, -0.2) is 17.8 Å². The number of hydrogen-bond donors (Lipinski definition) is 2. The SMILES string of the molecule is C[C@H](O)CCN[C@@H](C)c1ccccc1Cl. The smallest absolute Gasteiger partial charge is 0.0524 e. The van der Waals surface area contributed by atoms with Crippen molar-refractivity contribution in [2.24, 2.45) is 0 Å². The molecule has 1 aromatic carbocycles. The first kappa shape index (κ1) is 12.5. The Kier molecular flexibility index (Phi) is 5.09. The molecule has 3 heteroatoms. The van der Waals surface area contributed by atoms with Crippen LogP contribution in [0, 0.1) is 0 Å². The molecule has 0 aliphatic heterocycles. The molecule has 0 heterocycles. The summed E-state index contributed by atoms with van der Waals surface area (Å²) in [6.45, 7) is 4.66. The third-order valence-corrected chi connectivity index (χ3v) is 2.73. The molecule has 2 atom stereocenters. The Morgan fingerprint density at radius 1 is 1.33 bits per heavy atom. The maximum absolute atomic E-state index is 9.12. The lowest BCUT2D eigenvalue weighted by Gasteiger charge is -2.16. The minimum atomic E-state index is -0.254. The van der Waals surface area contributed by atoms with Gasteiger partial charge in [-0.15, -0.1) is 0 Å². The van der Waals surface area contributed by atoms with Gasteiger partial charge in [0.05, 0.1) is 6.10 Å². The minimum absolute atomic E-state index is 0.220. The van der Waals surface area contributed by atoms with E-state index in [-0.39, 0.29) is 12.1 Å². The Bertz CT molecular complexity index is 301. The molecule has 2 nitrogen and oxygen atoms in total. The lowest BCUT2D eigenvalue weighted by Crippen LogP contribution is -2.22. The van der Waals surface area contributed by atoms with Crippen molar-refractivity contribution in [3.05, 3.63) is 34.9 Å². The van der Waals surface area contributed by atoms with Crippen LogP contribution in [0.4, 0.5) is 0 Å². The summed E-state index contributed by atoms with van der Waals surface area (Å²) in [4.78, 5) is 0. The zero-order valence-electron chi connectivity index (χ0n) is 9.20. The highest BCUT2D eigenvalue weighted by Gasteiger charge is 2.07. The lowest BCUT2D eigenvalue weighted by atomic mass is 10.1. The summed E-state index contributed by atoms with van der Waals surface area (Å²) in [5.74, 6) is 0. The Balaban J connectivity index is 2.47. The van der Waals surface area contributed by atoms with Crippen LogP contribution in [0.5, 0.6) is 0 Å². The van der Waals surface area contributed by atoms with Gasteiger partial charge in [0.2, 0.25) is 0 Å². The Morgan fingerprint density at radius 2 is 2.00 bits per heavy atom. The first-order valence-corrected chi connectivity index (χ1v) is 5.65. The Morgan fingerprint density at radius 3 is 2.60 bits per heavy atom. The summed E-state index contributed by atoms with van der Waals surface area (Å²) in [5, 5.41) is 13.2. The summed E-state index contributed by atoms with van der Waals surface area (Å²) in [6, 6.07) is 8.03. The first-order valence-electron chi connectivity index (χ1n) is 5.27. The van der Waals surface area contributed by atoms with Crippen LogP contribution in [-0.2, 0) is 0 Å². The summed E-state index contributed by atoms with van der Waals surface area (Å²) >= 11 is 6.07. The third-order valence-electron chi connectivity index (χ3n) is 2.38. The van der Waals surface area contributed by atoms with E-state index >= 15 is 0 Å². The van der Waals surface area contributed by atoms with Crippen molar-refractivity contribution < 1.29 is 5.11 Å². The van der Waals surface area contributed by atoms with E-state index in [1.807, 2.05) is 24.3 Å². The van der Waals surface area contributed by atoms with E-state index in [1.165, 1.54) is 0 Å². The molecule has 1 aromatic rings. The molecule has 0 amide bonds. The molecule has 0 fully saturated rings. The van der Waals surface area contributed by atoms with Crippen molar-refractivity contribution in [1.29, 1.82) is 0 Å². The van der Waals surface area contributed by atoms with Crippen molar-refractivity contribution in [3.63, 3.8) is 0 Å². The number of aliphatic hydroxyl groups is 1. The molecular weight excluding hydrogens is 210 g/mol. The monoisotopic (exact) mass is 227 g/mol. The number of halogens is 1. The Labute approximate surface area is 96.3 Å². The molecule has 0 aliphatic carbocycles. The second kappa shape index (κ2) is 6.11. The predicted octanol–water partition coefficient (Wildman–Crippen LogP) is 2.76. The van der Waals surface area contributed by atoms with Crippen LogP contribution in [0.3, 0.4) is 0 Å². The topological polar surface area (TPSA) is 32.3 Å². The van der Waals surface area contributed by atoms with Crippen molar-refractivity contribution >= 4 is 11.6 Å². The van der Waals surface area contributed by atoms with E-state index in [1.54, 1.807) is 6.92 Å². The van der Waals surface area contributed by atoms with Crippen molar-refractivity contribution in [3.8, 4) is 0 Å². The number of rotatable bonds is 5. The molecule has 0 spiro atoms. The summed E-state index contributed by atoms with van der Waals surface area (Å²) in [5.41, 5.74) is 1.10. The van der Waals surface area contributed by atoms with Gasteiger partial charge in [0.25, 0.3) is 0 Å². The summed E-state index contributed by atoms with van der Waals surface area (Å²) in [7, 11) is 0. The van der Waals surface area contributed by atoms with Gasteiger partial charge in [0, 0.05) is 11.1 Å². The lowest BCUT2D eigenvalue weighted by molar-refractivity contribution is 0.182. The van der Waals surface area contributed by atoms with E-state index in [2.05, 4.69) is 12.2 Å². The molecule has 84 valence electrons. The summed E-state index contributed by atoms with van der Waals surface area (Å²) < 4.78 is 0. The fraction of sp³-hybridized carbons (Fsp3) is 0.500. The quantitative estimate of drug-likeness (QED) is 0.811. The van der Waals surface area contributed by atoms with Gasteiger partial charge in [-0.2, -0.15) is 0 Å². The molecule has 0 aliphatic rings. The van der Waals surface area contributed by atoms with E-state index in [9.17, 15) is 0 Å². The van der Waals surface area contributed by atoms with E-state index < -0.39 is 0 Å². The predicted molar refractivity (Wildman–Crippen MR) is 64.2 cm³/mol. The van der Waals surface area contributed by atoms with Crippen LogP contribution in [0.1, 0.15) is 31.9 Å². The standard InChI is InChI=1S/C12H18ClNO/c1-9(15)7-8-14-10(2)11-5-3-4-6-12(11)13/h3-6,9-10,14-15H,7-8H2,1-2H3/t9-,10-/m0/s1. The molecule has 0 radical (unpaired) electrons. The van der Waals surface area contributed by atoms with E-state index in [4.69, 9.17) is 16.7 Å². The van der Waals surface area contributed by atoms with Crippen LogP contribution in [0.25, 0.3) is 0 Å². The molecule has 1 rings (SSSR count). The first-order chi connectivity index (χ1) is 7.11. The maximum atomic E-state index is 9.12. The van der Waals surface area contributed by atoms with E-state index in [0.29, 0.717) is 0 Å². The van der Waals surface area contributed by atoms with Gasteiger partial charge >= 0.3 is 0 Å². The normalized spacial score (nSPS) is 14.9. The molecule has 0 unspecified atom stereocenters. The average Bonchev–Trinajstić information content (AvgIpc) is 2.17. The van der Waals surface area contributed by atoms with Gasteiger partial charge in [-0.3, -0.25) is 0 Å². The fourth-order valence-corrected chi connectivity index (χ4v) is 1.74. The second-order valence-corrected chi connectivity index (χ2v) is 4.24. The largest absolute Gasteiger partial charge is 0.393 e. The fourth-order valence-electron chi connectivity index (χ4n) is 1.44. The Hall–Kier alpha value is -0.570. The van der Waals surface area contributed by atoms with Crippen LogP contribution in [0.2, 0.25) is 5.02 Å². The van der Waals surface area contributed by atoms with Gasteiger partial charge in [0.15, 0.2) is 0 Å². The minimum Gasteiger partial charge on any atom is -0.393 e. The van der Waals surface area contributed by atoms with Crippen molar-refractivity contribution in [2.75, 3.05) is 6.54 Å². The highest BCUT2D eigenvalue weighted by molar-refractivity contribution is 6.31. The number of benzene rings is 1. The second-order valence-electron chi connectivity index (χ2n) is 3.84. The molecule has 2 N–H and O–H groups in total. The highest BCUT2D eigenvalue weighted by Crippen LogP contribution is 2.21. The van der Waals surface area contributed by atoms with Crippen molar-refractivity contribution in [2.45, 2.75) is 32.4 Å². The third kappa shape index (κ3) is 4.20. The maximum Gasteiger partial charge on any atom is 0.0524 e.